The van der Waals surface area contributed by atoms with Gasteiger partial charge in [0.2, 0.25) is 5.91 Å². The number of rotatable bonds is 12. The van der Waals surface area contributed by atoms with E-state index in [0.29, 0.717) is 64.1 Å². The van der Waals surface area contributed by atoms with E-state index < -0.39 is 0 Å². The van der Waals surface area contributed by atoms with Crippen LogP contribution in [0, 0.1) is 0 Å². The number of ether oxygens (including phenoxy) is 3. The lowest BCUT2D eigenvalue weighted by Gasteiger charge is -2.30. The van der Waals surface area contributed by atoms with Crippen LogP contribution in [-0.4, -0.2) is 38.2 Å². The molecular weight excluding hydrogens is 551 g/mol. The van der Waals surface area contributed by atoms with Gasteiger partial charge in [-0.15, -0.1) is 0 Å². The van der Waals surface area contributed by atoms with Gasteiger partial charge < -0.3 is 24.4 Å². The van der Waals surface area contributed by atoms with E-state index in [1.165, 1.54) is 0 Å². The maximum Gasteiger partial charge on any atom is 0.265 e. The molecule has 0 saturated heterocycles. The normalized spacial score (nSPS) is 12.5. The molecule has 4 rings (SSSR count). The molecule has 0 aliphatic carbocycles. The monoisotopic (exact) mass is 576 g/mol. The summed E-state index contributed by atoms with van der Waals surface area (Å²) in [6.07, 6.45) is 2.27. The van der Waals surface area contributed by atoms with Gasteiger partial charge in [-0.25, -0.2) is 0 Å². The molecule has 0 fully saturated rings. The average Bonchev–Trinajstić information content (AvgIpc) is 2.89. The molecule has 7 nitrogen and oxygen atoms in total. The van der Waals surface area contributed by atoms with Crippen molar-refractivity contribution in [2.24, 2.45) is 0 Å². The molecule has 200 valence electrons. The van der Waals surface area contributed by atoms with Gasteiger partial charge in [0.25, 0.3) is 5.91 Å². The SMILES string of the molecule is O=C(CCCOc1ccc(Cl)cc1Cl)Nc1ccc2c(c1)N(CCCCOc1ccc(Cl)cc1)C(=O)CO2. The largest absolute Gasteiger partial charge is 0.494 e. The third-order valence-corrected chi connectivity index (χ3v) is 6.53. The van der Waals surface area contributed by atoms with Crippen LogP contribution in [0.15, 0.2) is 60.7 Å². The van der Waals surface area contributed by atoms with Crippen molar-refractivity contribution in [3.8, 4) is 17.2 Å². The van der Waals surface area contributed by atoms with Crippen molar-refractivity contribution in [1.29, 1.82) is 0 Å². The van der Waals surface area contributed by atoms with Crippen LogP contribution in [0.2, 0.25) is 15.1 Å². The number of carbonyl (C=O) groups excluding carboxylic acids is 2. The molecule has 0 atom stereocenters. The standard InChI is InChI=1S/C28H27Cl3N2O5/c29-19-5-9-22(10-6-19)36-14-2-1-13-33-24-17-21(8-12-26(24)38-18-28(33)35)32-27(34)4-3-15-37-25-11-7-20(30)16-23(25)31/h5-12,16-17H,1-4,13-15,18H2,(H,32,34). The van der Waals surface area contributed by atoms with Gasteiger partial charge in [-0.2, -0.15) is 0 Å². The second-order valence-electron chi connectivity index (χ2n) is 8.60. The van der Waals surface area contributed by atoms with Gasteiger partial charge in [-0.1, -0.05) is 34.8 Å². The predicted molar refractivity (Wildman–Crippen MR) is 150 cm³/mol. The number of hydrogen-bond acceptors (Lipinski definition) is 5. The van der Waals surface area contributed by atoms with Crippen LogP contribution < -0.4 is 24.4 Å². The van der Waals surface area contributed by atoms with Crippen LogP contribution in [0.4, 0.5) is 11.4 Å². The van der Waals surface area contributed by atoms with Crippen LogP contribution in [0.25, 0.3) is 0 Å². The molecule has 2 amide bonds. The highest BCUT2D eigenvalue weighted by Crippen LogP contribution is 2.35. The molecule has 1 heterocycles. The average molecular weight is 578 g/mol. The van der Waals surface area contributed by atoms with Crippen molar-refractivity contribution < 1.29 is 23.8 Å². The molecule has 1 aliphatic rings. The summed E-state index contributed by atoms with van der Waals surface area (Å²) < 4.78 is 16.9. The van der Waals surface area contributed by atoms with E-state index in [0.717, 1.165) is 18.6 Å². The molecule has 3 aromatic rings. The molecule has 1 aliphatic heterocycles. The van der Waals surface area contributed by atoms with Crippen LogP contribution >= 0.6 is 34.8 Å². The summed E-state index contributed by atoms with van der Waals surface area (Å²) in [6.45, 7) is 1.35. The van der Waals surface area contributed by atoms with Crippen molar-refractivity contribution in [3.63, 3.8) is 0 Å². The van der Waals surface area contributed by atoms with Gasteiger partial charge in [-0.3, -0.25) is 9.59 Å². The fourth-order valence-corrected chi connectivity index (χ4v) is 4.44. The third-order valence-electron chi connectivity index (χ3n) is 5.74. The lowest BCUT2D eigenvalue weighted by atomic mass is 10.2. The Morgan fingerprint density at radius 1 is 0.895 bits per heavy atom. The van der Waals surface area contributed by atoms with Crippen molar-refractivity contribution in [2.45, 2.75) is 25.7 Å². The minimum atomic E-state index is -0.162. The Bertz CT molecular complexity index is 1270. The van der Waals surface area contributed by atoms with Crippen molar-refractivity contribution >= 4 is 58.0 Å². The van der Waals surface area contributed by atoms with Gasteiger partial charge in [0.05, 0.1) is 23.9 Å². The number of hydrogen-bond donors (Lipinski definition) is 1. The zero-order valence-corrected chi connectivity index (χ0v) is 22.8. The van der Waals surface area contributed by atoms with E-state index >= 15 is 0 Å². The fraction of sp³-hybridized carbons (Fsp3) is 0.286. The molecule has 10 heteroatoms. The van der Waals surface area contributed by atoms with Gasteiger partial charge in [0.1, 0.15) is 17.2 Å². The highest BCUT2D eigenvalue weighted by atomic mass is 35.5. The van der Waals surface area contributed by atoms with Gasteiger partial charge >= 0.3 is 0 Å². The first-order chi connectivity index (χ1) is 18.4. The Morgan fingerprint density at radius 3 is 2.45 bits per heavy atom. The summed E-state index contributed by atoms with van der Waals surface area (Å²) in [5.41, 5.74) is 1.23. The van der Waals surface area contributed by atoms with E-state index in [1.807, 2.05) is 12.1 Å². The van der Waals surface area contributed by atoms with Gasteiger partial charge in [0.15, 0.2) is 6.61 Å². The van der Waals surface area contributed by atoms with Crippen LogP contribution in [-0.2, 0) is 9.59 Å². The highest BCUT2D eigenvalue weighted by Gasteiger charge is 2.25. The minimum absolute atomic E-state index is 0.0163. The van der Waals surface area contributed by atoms with E-state index in [1.54, 1.807) is 53.4 Å². The molecule has 0 bridgehead atoms. The molecular formula is C28H27Cl3N2O5. The molecule has 0 saturated carbocycles. The van der Waals surface area contributed by atoms with Gasteiger partial charge in [0, 0.05) is 28.7 Å². The fourth-order valence-electron chi connectivity index (χ4n) is 3.85. The summed E-state index contributed by atoms with van der Waals surface area (Å²) in [6, 6.07) is 17.5. The maximum absolute atomic E-state index is 12.6. The second-order valence-corrected chi connectivity index (χ2v) is 9.88. The summed E-state index contributed by atoms with van der Waals surface area (Å²) in [4.78, 5) is 26.8. The number of carbonyl (C=O) groups is 2. The van der Waals surface area contributed by atoms with Crippen molar-refractivity contribution in [2.75, 3.05) is 36.6 Å². The number of unbranched alkanes of at least 4 members (excludes halogenated alkanes) is 1. The number of anilines is 2. The predicted octanol–water partition coefficient (Wildman–Crippen LogP) is 7.03. The van der Waals surface area contributed by atoms with Crippen molar-refractivity contribution in [1.82, 2.24) is 0 Å². The molecule has 38 heavy (non-hydrogen) atoms. The third kappa shape index (κ3) is 7.93. The number of nitrogens with one attached hydrogen (secondary N) is 1. The van der Waals surface area contributed by atoms with Gasteiger partial charge in [-0.05, 0) is 79.9 Å². The number of fused-ring (bicyclic) bond motifs is 1. The Hall–Kier alpha value is -3.13. The molecule has 3 aromatic carbocycles. The molecule has 1 N–H and O–H groups in total. The van der Waals surface area contributed by atoms with Crippen molar-refractivity contribution in [3.05, 3.63) is 75.7 Å². The Morgan fingerprint density at radius 2 is 1.66 bits per heavy atom. The quantitative estimate of drug-likeness (QED) is 0.234. The zero-order valence-electron chi connectivity index (χ0n) is 20.6. The smallest absolute Gasteiger partial charge is 0.265 e. The highest BCUT2D eigenvalue weighted by molar-refractivity contribution is 6.35. The molecule has 0 radical (unpaired) electrons. The van der Waals surface area contributed by atoms with E-state index in [-0.39, 0.29) is 24.8 Å². The van der Waals surface area contributed by atoms with Crippen LogP contribution in [0.5, 0.6) is 17.2 Å². The first-order valence-corrected chi connectivity index (χ1v) is 13.4. The first-order valence-electron chi connectivity index (χ1n) is 12.2. The maximum atomic E-state index is 12.6. The lowest BCUT2D eigenvalue weighted by Crippen LogP contribution is -2.39. The minimum Gasteiger partial charge on any atom is -0.494 e. The molecule has 0 unspecified atom stereocenters. The van der Waals surface area contributed by atoms with Crippen LogP contribution in [0.1, 0.15) is 25.7 Å². The van der Waals surface area contributed by atoms with E-state index in [2.05, 4.69) is 5.32 Å². The number of amides is 2. The van der Waals surface area contributed by atoms with Crippen LogP contribution in [0.3, 0.4) is 0 Å². The van der Waals surface area contributed by atoms with E-state index in [9.17, 15) is 9.59 Å². The first kappa shape index (κ1) is 27.9. The Balaban J connectivity index is 1.24. The number of benzene rings is 3. The topological polar surface area (TPSA) is 77.1 Å². The number of halogens is 3. The molecule has 0 aromatic heterocycles. The Kier molecular flexibility index (Phi) is 9.98. The Labute approximate surface area is 236 Å². The number of nitrogens with zero attached hydrogens (tertiary/aromatic N) is 1. The second kappa shape index (κ2) is 13.6. The summed E-state index contributed by atoms with van der Waals surface area (Å²) in [5, 5.41) is 4.49. The van der Waals surface area contributed by atoms with E-state index in [4.69, 9.17) is 49.0 Å². The summed E-state index contributed by atoms with van der Waals surface area (Å²) in [5.74, 6) is 1.59. The summed E-state index contributed by atoms with van der Waals surface area (Å²) >= 11 is 17.9. The summed E-state index contributed by atoms with van der Waals surface area (Å²) in [7, 11) is 0. The zero-order chi connectivity index (χ0) is 26.9. The molecule has 0 spiro atoms. The lowest BCUT2D eigenvalue weighted by molar-refractivity contribution is -0.121.